The molecule has 4 rings (SSSR count). The molecule has 0 bridgehead atoms. The Hall–Kier alpha value is -3.39. The number of rotatable bonds is 9. The maximum atomic E-state index is 13.3. The minimum Gasteiger partial charge on any atom is -0.328 e. The third-order valence-corrected chi connectivity index (χ3v) is 7.19. The number of aryl methyl sites for hydroxylation is 2. The van der Waals surface area contributed by atoms with E-state index in [1.165, 1.54) is 17.3 Å². The molecule has 0 radical (unpaired) electrons. The van der Waals surface area contributed by atoms with Crippen LogP contribution < -0.4 is 5.32 Å². The van der Waals surface area contributed by atoms with Gasteiger partial charge >= 0.3 is 0 Å². The van der Waals surface area contributed by atoms with Crippen molar-refractivity contribution in [3.63, 3.8) is 0 Å². The summed E-state index contributed by atoms with van der Waals surface area (Å²) in [6.45, 7) is 9.12. The largest absolute Gasteiger partial charge is 0.328 e. The second-order valence-corrected chi connectivity index (χ2v) is 9.54. The number of carbonyl (C=O) groups is 2. The first-order valence-corrected chi connectivity index (χ1v) is 12.9. The van der Waals surface area contributed by atoms with Gasteiger partial charge in [-0.2, -0.15) is 0 Å². The summed E-state index contributed by atoms with van der Waals surface area (Å²) in [5.74, 6) is 0.858. The molecule has 1 fully saturated rings. The van der Waals surface area contributed by atoms with Gasteiger partial charge in [-0.25, -0.2) is 0 Å². The van der Waals surface area contributed by atoms with E-state index in [0.717, 1.165) is 36.3 Å². The lowest BCUT2D eigenvalue weighted by molar-refractivity contribution is -0.113. The van der Waals surface area contributed by atoms with Crippen LogP contribution in [0.3, 0.4) is 0 Å². The van der Waals surface area contributed by atoms with Crippen LogP contribution in [0.5, 0.6) is 0 Å². The van der Waals surface area contributed by atoms with Crippen molar-refractivity contribution < 1.29 is 9.59 Å². The number of anilines is 1. The van der Waals surface area contributed by atoms with Crippen LogP contribution in [0.25, 0.3) is 0 Å². The molecule has 0 aliphatic carbocycles. The predicted octanol–water partition coefficient (Wildman–Crippen LogP) is 5.04. The number of carbonyl (C=O) groups excluding carboxylic acids is 2. The molecule has 2 aromatic carbocycles. The number of nitrogens with zero attached hydrogens (tertiary/aromatic N) is 4. The molecule has 182 valence electrons. The van der Waals surface area contributed by atoms with E-state index in [1.54, 1.807) is 6.08 Å². The number of likely N-dealkylation sites (tertiary alicyclic amines) is 1. The standard InChI is InChI=1S/C27H31N5O2S/c1-4-16-32-25(23-11-8-17-31(23)26(34)22-10-7-6-9-19(22)3)29-30-27(32)35-18-24(33)28-21-14-12-20(5-2)13-15-21/h4,6-7,9-10,12-15,23H,1,5,8,11,16-18H2,2-3H3,(H,28,33). The van der Waals surface area contributed by atoms with Gasteiger partial charge in [-0.05, 0) is 55.5 Å². The van der Waals surface area contributed by atoms with Crippen LogP contribution in [0.4, 0.5) is 5.69 Å². The van der Waals surface area contributed by atoms with Gasteiger partial charge in [0.1, 0.15) is 0 Å². The van der Waals surface area contributed by atoms with Crippen molar-refractivity contribution in [2.45, 2.75) is 50.9 Å². The summed E-state index contributed by atoms with van der Waals surface area (Å²) < 4.78 is 1.97. The minimum absolute atomic E-state index is 0.0152. The Morgan fingerprint density at radius 3 is 2.66 bits per heavy atom. The molecule has 8 heteroatoms. The summed E-state index contributed by atoms with van der Waals surface area (Å²) in [7, 11) is 0. The van der Waals surface area contributed by atoms with Gasteiger partial charge in [0, 0.05) is 24.3 Å². The first-order valence-electron chi connectivity index (χ1n) is 11.9. The van der Waals surface area contributed by atoms with Crippen LogP contribution in [0.1, 0.15) is 53.1 Å². The van der Waals surface area contributed by atoms with Crippen molar-refractivity contribution in [2.24, 2.45) is 0 Å². The summed E-state index contributed by atoms with van der Waals surface area (Å²) in [6.07, 6.45) is 4.48. The van der Waals surface area contributed by atoms with Crippen LogP contribution in [0.15, 0.2) is 66.3 Å². The molecule has 3 aromatic rings. The van der Waals surface area contributed by atoms with Gasteiger partial charge in [0.05, 0.1) is 11.8 Å². The third kappa shape index (κ3) is 5.65. The summed E-state index contributed by atoms with van der Waals surface area (Å²) in [6, 6.07) is 15.4. The highest BCUT2D eigenvalue weighted by Crippen LogP contribution is 2.34. The van der Waals surface area contributed by atoms with E-state index < -0.39 is 0 Å². The fraction of sp³-hybridized carbons (Fsp3) is 0.333. The van der Waals surface area contributed by atoms with Crippen LogP contribution in [0.2, 0.25) is 0 Å². The van der Waals surface area contributed by atoms with Crippen molar-refractivity contribution in [1.82, 2.24) is 19.7 Å². The van der Waals surface area contributed by atoms with Gasteiger partial charge in [0.25, 0.3) is 5.91 Å². The highest BCUT2D eigenvalue weighted by atomic mass is 32.2. The molecule has 1 aliphatic heterocycles. The Kier molecular flexibility index (Phi) is 8.02. The van der Waals surface area contributed by atoms with Crippen LogP contribution in [0, 0.1) is 6.92 Å². The zero-order valence-electron chi connectivity index (χ0n) is 20.2. The maximum absolute atomic E-state index is 13.3. The molecule has 2 heterocycles. The Balaban J connectivity index is 1.47. The van der Waals surface area contributed by atoms with E-state index >= 15 is 0 Å². The minimum atomic E-state index is -0.158. The highest BCUT2D eigenvalue weighted by Gasteiger charge is 2.35. The molecular formula is C27H31N5O2S. The quantitative estimate of drug-likeness (QED) is 0.336. The monoisotopic (exact) mass is 489 g/mol. The number of amides is 2. The van der Waals surface area contributed by atoms with E-state index in [-0.39, 0.29) is 23.6 Å². The first kappa shape index (κ1) is 24.7. The SMILES string of the molecule is C=CCn1c(SCC(=O)Nc2ccc(CC)cc2)nnc1C1CCCN1C(=O)c1ccccc1C. The fourth-order valence-electron chi connectivity index (χ4n) is 4.35. The predicted molar refractivity (Wildman–Crippen MR) is 140 cm³/mol. The van der Waals surface area contributed by atoms with Crippen molar-refractivity contribution in [2.75, 3.05) is 17.6 Å². The van der Waals surface area contributed by atoms with Crippen LogP contribution >= 0.6 is 11.8 Å². The van der Waals surface area contributed by atoms with Gasteiger partial charge < -0.3 is 14.8 Å². The maximum Gasteiger partial charge on any atom is 0.254 e. The van der Waals surface area contributed by atoms with Crippen molar-refractivity contribution in [3.8, 4) is 0 Å². The van der Waals surface area contributed by atoms with Crippen molar-refractivity contribution >= 4 is 29.3 Å². The average Bonchev–Trinajstić information content (AvgIpc) is 3.50. The number of allylic oxidation sites excluding steroid dienone is 1. The van der Waals surface area contributed by atoms with Gasteiger partial charge in [0.2, 0.25) is 5.91 Å². The topological polar surface area (TPSA) is 80.1 Å². The number of hydrogen-bond acceptors (Lipinski definition) is 5. The van der Waals surface area contributed by atoms with E-state index in [9.17, 15) is 9.59 Å². The van der Waals surface area contributed by atoms with Gasteiger partial charge in [-0.1, -0.05) is 55.1 Å². The fourth-order valence-corrected chi connectivity index (χ4v) is 5.11. The smallest absolute Gasteiger partial charge is 0.254 e. The summed E-state index contributed by atoms with van der Waals surface area (Å²) >= 11 is 1.34. The molecule has 2 amide bonds. The Labute approximate surface area is 210 Å². The average molecular weight is 490 g/mol. The van der Waals surface area contributed by atoms with Crippen LogP contribution in [-0.4, -0.2) is 43.8 Å². The summed E-state index contributed by atoms with van der Waals surface area (Å²) in [5, 5.41) is 12.4. The van der Waals surface area contributed by atoms with E-state index in [2.05, 4.69) is 29.0 Å². The van der Waals surface area contributed by atoms with E-state index in [0.29, 0.717) is 23.8 Å². The first-order chi connectivity index (χ1) is 17.0. The van der Waals surface area contributed by atoms with Gasteiger partial charge in [-0.15, -0.1) is 16.8 Å². The molecule has 1 aromatic heterocycles. The van der Waals surface area contributed by atoms with Crippen LogP contribution in [-0.2, 0) is 17.8 Å². The molecule has 1 unspecified atom stereocenters. The summed E-state index contributed by atoms with van der Waals surface area (Å²) in [4.78, 5) is 27.8. The Bertz CT molecular complexity index is 1200. The second-order valence-electron chi connectivity index (χ2n) is 8.60. The van der Waals surface area contributed by atoms with Gasteiger partial charge in [-0.3, -0.25) is 9.59 Å². The second kappa shape index (κ2) is 11.4. The lowest BCUT2D eigenvalue weighted by Crippen LogP contribution is -2.32. The molecular weight excluding hydrogens is 458 g/mol. The molecule has 35 heavy (non-hydrogen) atoms. The van der Waals surface area contributed by atoms with E-state index in [4.69, 9.17) is 0 Å². The highest BCUT2D eigenvalue weighted by molar-refractivity contribution is 7.99. The Morgan fingerprint density at radius 1 is 1.17 bits per heavy atom. The zero-order chi connectivity index (χ0) is 24.8. The molecule has 0 spiro atoms. The lowest BCUT2D eigenvalue weighted by atomic mass is 10.1. The number of aromatic nitrogens is 3. The normalized spacial score (nSPS) is 15.3. The molecule has 1 N–H and O–H groups in total. The number of thioether (sulfide) groups is 1. The molecule has 1 aliphatic rings. The van der Waals surface area contributed by atoms with Crippen molar-refractivity contribution in [3.05, 3.63) is 83.7 Å². The molecule has 0 saturated carbocycles. The van der Waals surface area contributed by atoms with Gasteiger partial charge in [0.15, 0.2) is 11.0 Å². The van der Waals surface area contributed by atoms with Crippen molar-refractivity contribution in [1.29, 1.82) is 0 Å². The zero-order valence-corrected chi connectivity index (χ0v) is 21.1. The molecule has 1 atom stereocenters. The molecule has 1 saturated heterocycles. The number of hydrogen-bond donors (Lipinski definition) is 1. The van der Waals surface area contributed by atoms with E-state index in [1.807, 2.05) is 64.9 Å². The number of nitrogens with one attached hydrogen (secondary N) is 1. The Morgan fingerprint density at radius 2 is 1.94 bits per heavy atom. The summed E-state index contributed by atoms with van der Waals surface area (Å²) in [5.41, 5.74) is 3.68. The third-order valence-electron chi connectivity index (χ3n) is 6.22. The lowest BCUT2D eigenvalue weighted by Gasteiger charge is -2.25. The number of benzene rings is 2. The molecule has 7 nitrogen and oxygen atoms in total.